The lowest BCUT2D eigenvalue weighted by Crippen LogP contribution is -2.38. The fourth-order valence-corrected chi connectivity index (χ4v) is 3.31. The van der Waals surface area contributed by atoms with Gasteiger partial charge in [-0.25, -0.2) is 4.98 Å². The van der Waals surface area contributed by atoms with Crippen LogP contribution in [0.3, 0.4) is 0 Å². The average Bonchev–Trinajstić information content (AvgIpc) is 3.08. The summed E-state index contributed by atoms with van der Waals surface area (Å²) in [6, 6.07) is 0. The molecule has 0 saturated carbocycles. The molecular formula is C16H25N5O. The average molecular weight is 303 g/mol. The van der Waals surface area contributed by atoms with Crippen LogP contribution in [0.15, 0.2) is 18.6 Å². The first kappa shape index (κ1) is 15.2. The number of rotatable bonds is 4. The number of hydrogen-bond donors (Lipinski definition) is 1. The summed E-state index contributed by atoms with van der Waals surface area (Å²) in [6.07, 6.45) is 7.27. The summed E-state index contributed by atoms with van der Waals surface area (Å²) in [5, 5.41) is 14.9. The first-order valence-corrected chi connectivity index (χ1v) is 7.91. The van der Waals surface area contributed by atoms with Gasteiger partial charge in [-0.1, -0.05) is 0 Å². The normalized spacial score (nSPS) is 21.2. The van der Waals surface area contributed by atoms with Crippen LogP contribution in [0.25, 0.3) is 0 Å². The van der Waals surface area contributed by atoms with E-state index >= 15 is 0 Å². The summed E-state index contributed by atoms with van der Waals surface area (Å²) in [7, 11) is 3.91. The largest absolute Gasteiger partial charge is 0.385 e. The second-order valence-corrected chi connectivity index (χ2v) is 6.36. The molecule has 0 amide bonds. The molecule has 2 unspecified atom stereocenters. The Kier molecular flexibility index (Phi) is 4.31. The molecule has 1 aliphatic heterocycles. The first-order valence-electron chi connectivity index (χ1n) is 7.91. The van der Waals surface area contributed by atoms with Crippen LogP contribution in [0.5, 0.6) is 0 Å². The molecular weight excluding hydrogens is 278 g/mol. The highest BCUT2D eigenvalue weighted by molar-refractivity contribution is 5.15. The molecule has 1 N–H and O–H groups in total. The van der Waals surface area contributed by atoms with Crippen molar-refractivity contribution in [3.8, 4) is 0 Å². The molecule has 1 fully saturated rings. The Bertz CT molecular complexity index is 632. The number of hydrogen-bond acceptors (Lipinski definition) is 4. The summed E-state index contributed by atoms with van der Waals surface area (Å²) in [4.78, 5) is 6.72. The molecule has 6 nitrogen and oxygen atoms in total. The molecule has 3 rings (SSSR count). The number of aliphatic hydroxyl groups is 1. The summed E-state index contributed by atoms with van der Waals surface area (Å²) < 4.78 is 3.83. The molecule has 1 saturated heterocycles. The van der Waals surface area contributed by atoms with Crippen LogP contribution in [0.1, 0.15) is 36.0 Å². The maximum atomic E-state index is 10.6. The van der Waals surface area contributed by atoms with E-state index in [4.69, 9.17) is 0 Å². The van der Waals surface area contributed by atoms with Gasteiger partial charge in [-0.05, 0) is 26.3 Å². The summed E-state index contributed by atoms with van der Waals surface area (Å²) in [5.41, 5.74) is 2.49. The van der Waals surface area contributed by atoms with Gasteiger partial charge in [-0.2, -0.15) is 5.10 Å². The van der Waals surface area contributed by atoms with Gasteiger partial charge in [0.05, 0.1) is 6.20 Å². The molecule has 1 aliphatic rings. The van der Waals surface area contributed by atoms with Crippen molar-refractivity contribution in [3.05, 3.63) is 35.7 Å². The van der Waals surface area contributed by atoms with Gasteiger partial charge in [0.15, 0.2) is 0 Å². The van der Waals surface area contributed by atoms with Gasteiger partial charge < -0.3 is 9.67 Å². The molecule has 3 heterocycles. The molecule has 0 aromatic carbocycles. The van der Waals surface area contributed by atoms with Crippen molar-refractivity contribution in [2.45, 2.75) is 32.4 Å². The lowest BCUT2D eigenvalue weighted by molar-refractivity contribution is 0.0404. The maximum Gasteiger partial charge on any atom is 0.137 e. The van der Waals surface area contributed by atoms with E-state index in [0.717, 1.165) is 38.3 Å². The first-order chi connectivity index (χ1) is 10.6. The predicted molar refractivity (Wildman–Crippen MR) is 84.1 cm³/mol. The van der Waals surface area contributed by atoms with Crippen molar-refractivity contribution in [2.75, 3.05) is 13.1 Å². The van der Waals surface area contributed by atoms with Crippen molar-refractivity contribution in [1.29, 1.82) is 0 Å². The van der Waals surface area contributed by atoms with Gasteiger partial charge in [0.25, 0.3) is 0 Å². The van der Waals surface area contributed by atoms with Crippen LogP contribution >= 0.6 is 0 Å². The number of aromatic nitrogens is 4. The van der Waals surface area contributed by atoms with E-state index in [0.29, 0.717) is 0 Å². The van der Waals surface area contributed by atoms with Crippen molar-refractivity contribution in [3.63, 3.8) is 0 Å². The van der Waals surface area contributed by atoms with Crippen molar-refractivity contribution < 1.29 is 5.11 Å². The van der Waals surface area contributed by atoms with E-state index in [1.807, 2.05) is 35.7 Å². The molecule has 2 aromatic heterocycles. The van der Waals surface area contributed by atoms with Crippen LogP contribution < -0.4 is 0 Å². The Morgan fingerprint density at radius 2 is 2.23 bits per heavy atom. The Labute approximate surface area is 131 Å². The molecule has 0 aliphatic carbocycles. The number of aliphatic hydroxyl groups excluding tert-OH is 1. The predicted octanol–water partition coefficient (Wildman–Crippen LogP) is 1.41. The fraction of sp³-hybridized carbons (Fsp3) is 0.625. The van der Waals surface area contributed by atoms with E-state index < -0.39 is 6.10 Å². The van der Waals surface area contributed by atoms with E-state index in [9.17, 15) is 5.11 Å². The van der Waals surface area contributed by atoms with Crippen LogP contribution in [0.2, 0.25) is 0 Å². The highest BCUT2D eigenvalue weighted by Crippen LogP contribution is 2.29. The zero-order chi connectivity index (χ0) is 15.7. The summed E-state index contributed by atoms with van der Waals surface area (Å²) in [5.74, 6) is 1.01. The van der Waals surface area contributed by atoms with E-state index in [2.05, 4.69) is 21.9 Å². The molecule has 0 radical (unpaired) electrons. The van der Waals surface area contributed by atoms with Crippen LogP contribution in [-0.4, -0.2) is 42.4 Å². The van der Waals surface area contributed by atoms with Gasteiger partial charge in [-0.15, -0.1) is 0 Å². The number of likely N-dealkylation sites (tertiary alicyclic amines) is 1. The van der Waals surface area contributed by atoms with Gasteiger partial charge in [0.2, 0.25) is 0 Å². The minimum absolute atomic E-state index is 0.242. The summed E-state index contributed by atoms with van der Waals surface area (Å²) >= 11 is 0. The van der Waals surface area contributed by atoms with Crippen LogP contribution in [0.4, 0.5) is 0 Å². The zero-order valence-corrected chi connectivity index (χ0v) is 13.6. The second-order valence-electron chi connectivity index (χ2n) is 6.36. The van der Waals surface area contributed by atoms with Gasteiger partial charge in [-0.3, -0.25) is 9.58 Å². The topological polar surface area (TPSA) is 59.1 Å². The lowest BCUT2D eigenvalue weighted by Gasteiger charge is -2.34. The van der Waals surface area contributed by atoms with Gasteiger partial charge >= 0.3 is 0 Å². The third kappa shape index (κ3) is 2.94. The van der Waals surface area contributed by atoms with Crippen molar-refractivity contribution >= 4 is 0 Å². The molecule has 120 valence electrons. The molecule has 0 bridgehead atoms. The van der Waals surface area contributed by atoms with E-state index in [1.165, 1.54) is 11.3 Å². The molecule has 0 spiro atoms. The number of nitrogens with zero attached hydrogens (tertiary/aromatic N) is 5. The van der Waals surface area contributed by atoms with Crippen LogP contribution in [-0.2, 0) is 20.6 Å². The zero-order valence-electron chi connectivity index (χ0n) is 13.6. The van der Waals surface area contributed by atoms with Crippen molar-refractivity contribution in [2.24, 2.45) is 20.0 Å². The van der Waals surface area contributed by atoms with Gasteiger partial charge in [0, 0.05) is 56.8 Å². The minimum atomic E-state index is -0.488. The maximum absolute atomic E-state index is 10.6. The van der Waals surface area contributed by atoms with Gasteiger partial charge in [0.1, 0.15) is 11.9 Å². The number of imidazole rings is 1. The van der Waals surface area contributed by atoms with Crippen molar-refractivity contribution in [1.82, 2.24) is 24.2 Å². The molecule has 2 atom stereocenters. The lowest BCUT2D eigenvalue weighted by atomic mass is 9.91. The SMILES string of the molecule is Cc1c(CN2CCCC(C(O)c3nccn3C)C2)cnn1C. The third-order valence-corrected chi connectivity index (χ3v) is 4.84. The Hall–Kier alpha value is -1.66. The number of aryl methyl sites for hydroxylation is 2. The Morgan fingerprint density at radius 1 is 1.41 bits per heavy atom. The Morgan fingerprint density at radius 3 is 2.86 bits per heavy atom. The molecule has 2 aromatic rings. The summed E-state index contributed by atoms with van der Waals surface area (Å²) in [6.45, 7) is 5.00. The third-order valence-electron chi connectivity index (χ3n) is 4.84. The quantitative estimate of drug-likeness (QED) is 0.928. The standard InChI is InChI=1S/C16H25N5O/c1-12-14(9-18-20(12)3)11-21-7-4-5-13(10-21)15(22)16-17-6-8-19(16)2/h6,8-9,13,15,22H,4-5,7,10-11H2,1-3H3. The fourth-order valence-electron chi connectivity index (χ4n) is 3.31. The van der Waals surface area contributed by atoms with Crippen LogP contribution in [0, 0.1) is 12.8 Å². The molecule has 22 heavy (non-hydrogen) atoms. The highest BCUT2D eigenvalue weighted by atomic mass is 16.3. The molecule has 6 heteroatoms. The Balaban J connectivity index is 1.66. The smallest absolute Gasteiger partial charge is 0.137 e. The second kappa shape index (κ2) is 6.22. The minimum Gasteiger partial charge on any atom is -0.385 e. The number of piperidine rings is 1. The van der Waals surface area contributed by atoms with E-state index in [-0.39, 0.29) is 5.92 Å². The monoisotopic (exact) mass is 303 g/mol. The van der Waals surface area contributed by atoms with E-state index in [1.54, 1.807) is 6.20 Å². The highest BCUT2D eigenvalue weighted by Gasteiger charge is 2.29.